The number of rotatable bonds is 7. The van der Waals surface area contributed by atoms with E-state index < -0.39 is 6.03 Å². The van der Waals surface area contributed by atoms with Crippen LogP contribution >= 0.6 is 11.8 Å². The normalized spacial score (nSPS) is 10.6. The van der Waals surface area contributed by atoms with E-state index in [1.807, 2.05) is 50.2 Å². The van der Waals surface area contributed by atoms with E-state index in [0.717, 1.165) is 23.3 Å². The Balaban J connectivity index is 0.00000233. The number of aryl methyl sites for hydroxylation is 1. The largest absolute Gasteiger partial charge is 0.497 e. The van der Waals surface area contributed by atoms with Crippen molar-refractivity contribution in [2.24, 2.45) is 4.99 Å². The number of carbonyl (C=O) groups is 2. The number of carbonyl (C=O) groups excluding carboxylic acids is 2. The third-order valence-electron chi connectivity index (χ3n) is 4.44. The summed E-state index contributed by atoms with van der Waals surface area (Å²) in [6.07, 6.45) is 3.46. The van der Waals surface area contributed by atoms with Gasteiger partial charge in [0.15, 0.2) is 5.17 Å². The quantitative estimate of drug-likeness (QED) is 0.335. The lowest BCUT2D eigenvalue weighted by molar-refractivity contribution is -0.115. The van der Waals surface area contributed by atoms with Gasteiger partial charge in [0, 0.05) is 13.6 Å². The lowest BCUT2D eigenvalue weighted by Gasteiger charge is -2.20. The van der Waals surface area contributed by atoms with Crippen LogP contribution in [0.2, 0.25) is 0 Å². The SMILES string of the molecule is CC.CCc1ccc(CN(C)C(=O)/N=C(/SC)N(C=O)Cc2ccc(OC)cc2)cc1. The Hall–Kier alpha value is -2.80. The highest BCUT2D eigenvalue weighted by molar-refractivity contribution is 8.13. The molecule has 7 heteroatoms. The van der Waals surface area contributed by atoms with Crippen molar-refractivity contribution in [2.45, 2.75) is 40.3 Å². The van der Waals surface area contributed by atoms with Gasteiger partial charge in [-0.2, -0.15) is 4.99 Å². The van der Waals surface area contributed by atoms with Crippen LogP contribution in [0.3, 0.4) is 0 Å². The summed E-state index contributed by atoms with van der Waals surface area (Å²) in [6, 6.07) is 15.2. The molecule has 0 aliphatic heterocycles. The van der Waals surface area contributed by atoms with Gasteiger partial charge < -0.3 is 9.64 Å². The van der Waals surface area contributed by atoms with Gasteiger partial charge in [-0.15, -0.1) is 0 Å². The summed E-state index contributed by atoms with van der Waals surface area (Å²) in [4.78, 5) is 31.3. The maximum Gasteiger partial charge on any atom is 0.346 e. The molecule has 0 fully saturated rings. The molecule has 0 saturated carbocycles. The number of thioether (sulfide) groups is 1. The molecule has 168 valence electrons. The molecule has 0 aromatic heterocycles. The molecule has 0 aliphatic rings. The fraction of sp³-hybridized carbons (Fsp3) is 0.375. The van der Waals surface area contributed by atoms with Gasteiger partial charge in [-0.05, 0) is 41.5 Å². The molecule has 0 radical (unpaired) electrons. The van der Waals surface area contributed by atoms with Crippen LogP contribution in [-0.2, 0) is 24.3 Å². The molecule has 0 saturated heterocycles. The molecule has 0 aliphatic carbocycles. The predicted molar refractivity (Wildman–Crippen MR) is 130 cm³/mol. The van der Waals surface area contributed by atoms with E-state index >= 15 is 0 Å². The van der Waals surface area contributed by atoms with Crippen molar-refractivity contribution < 1.29 is 14.3 Å². The second-order valence-corrected chi connectivity index (χ2v) is 7.26. The van der Waals surface area contributed by atoms with Gasteiger partial charge in [-0.1, -0.05) is 68.9 Å². The lowest BCUT2D eigenvalue weighted by Crippen LogP contribution is -2.30. The highest BCUT2D eigenvalue weighted by Gasteiger charge is 2.15. The van der Waals surface area contributed by atoms with Gasteiger partial charge in [0.25, 0.3) is 0 Å². The molecule has 0 N–H and O–H groups in total. The second kappa shape index (κ2) is 14.2. The van der Waals surface area contributed by atoms with Gasteiger partial charge in [0.05, 0.1) is 13.7 Å². The van der Waals surface area contributed by atoms with Crippen molar-refractivity contribution in [2.75, 3.05) is 20.4 Å². The number of methoxy groups -OCH3 is 1. The van der Waals surface area contributed by atoms with Gasteiger partial charge in [0.1, 0.15) is 5.75 Å². The Morgan fingerprint density at radius 3 is 2.00 bits per heavy atom. The number of amides is 3. The number of hydrogen-bond acceptors (Lipinski definition) is 4. The van der Waals surface area contributed by atoms with Crippen LogP contribution in [0.4, 0.5) is 4.79 Å². The van der Waals surface area contributed by atoms with Crippen molar-refractivity contribution in [3.63, 3.8) is 0 Å². The van der Waals surface area contributed by atoms with E-state index in [4.69, 9.17) is 4.74 Å². The van der Waals surface area contributed by atoms with E-state index in [0.29, 0.717) is 24.7 Å². The first-order chi connectivity index (χ1) is 15.0. The van der Waals surface area contributed by atoms with Crippen LogP contribution in [0.1, 0.15) is 37.5 Å². The summed E-state index contributed by atoms with van der Waals surface area (Å²) in [5.41, 5.74) is 3.20. The summed E-state index contributed by atoms with van der Waals surface area (Å²) in [7, 11) is 3.30. The van der Waals surface area contributed by atoms with Gasteiger partial charge in [-0.25, -0.2) is 4.79 Å². The summed E-state index contributed by atoms with van der Waals surface area (Å²) in [5.74, 6) is 0.744. The zero-order chi connectivity index (χ0) is 23.2. The summed E-state index contributed by atoms with van der Waals surface area (Å²) in [5, 5.41) is 0.356. The van der Waals surface area contributed by atoms with Crippen LogP contribution in [0.15, 0.2) is 53.5 Å². The van der Waals surface area contributed by atoms with E-state index in [9.17, 15) is 9.59 Å². The number of amidine groups is 1. The molecule has 0 spiro atoms. The molecule has 2 rings (SSSR count). The molecular weight excluding hydrogens is 410 g/mol. The Labute approximate surface area is 190 Å². The smallest absolute Gasteiger partial charge is 0.346 e. The Morgan fingerprint density at radius 1 is 1.00 bits per heavy atom. The van der Waals surface area contributed by atoms with Gasteiger partial charge in [0.2, 0.25) is 6.41 Å². The zero-order valence-electron chi connectivity index (χ0n) is 19.3. The minimum absolute atomic E-state index is 0.322. The average molecular weight is 444 g/mol. The van der Waals surface area contributed by atoms with E-state index in [-0.39, 0.29) is 0 Å². The summed E-state index contributed by atoms with van der Waals surface area (Å²) in [6.45, 7) is 6.88. The fourth-order valence-corrected chi connectivity index (χ4v) is 3.21. The lowest BCUT2D eigenvalue weighted by atomic mass is 10.1. The maximum atomic E-state index is 12.6. The Bertz CT molecular complexity index is 836. The molecule has 0 heterocycles. The Kier molecular flexibility index (Phi) is 12.1. The van der Waals surface area contributed by atoms with Crippen LogP contribution in [0.5, 0.6) is 5.75 Å². The molecule has 3 amide bonds. The zero-order valence-corrected chi connectivity index (χ0v) is 20.1. The van der Waals surface area contributed by atoms with Crippen LogP contribution < -0.4 is 4.74 Å². The number of aliphatic imine (C=N–C) groups is 1. The summed E-state index contributed by atoms with van der Waals surface area (Å²) < 4.78 is 5.15. The van der Waals surface area contributed by atoms with E-state index in [1.54, 1.807) is 20.4 Å². The molecule has 2 aromatic carbocycles. The number of urea groups is 1. The van der Waals surface area contributed by atoms with Crippen LogP contribution in [0.25, 0.3) is 0 Å². The fourth-order valence-electron chi connectivity index (χ4n) is 2.69. The highest BCUT2D eigenvalue weighted by atomic mass is 32.2. The van der Waals surface area contributed by atoms with E-state index in [2.05, 4.69) is 24.0 Å². The maximum absolute atomic E-state index is 12.6. The molecule has 2 aromatic rings. The predicted octanol–water partition coefficient (Wildman–Crippen LogP) is 5.21. The topological polar surface area (TPSA) is 62.2 Å². The van der Waals surface area contributed by atoms with E-state index in [1.165, 1.54) is 27.1 Å². The van der Waals surface area contributed by atoms with Crippen LogP contribution in [-0.4, -0.2) is 47.8 Å². The molecular formula is C24H33N3O3S. The van der Waals surface area contributed by atoms with Crippen molar-refractivity contribution in [1.82, 2.24) is 9.80 Å². The molecule has 0 atom stereocenters. The number of hydrogen-bond donors (Lipinski definition) is 0. The average Bonchev–Trinajstić information content (AvgIpc) is 2.83. The van der Waals surface area contributed by atoms with Crippen molar-refractivity contribution in [1.29, 1.82) is 0 Å². The van der Waals surface area contributed by atoms with Crippen LogP contribution in [0, 0.1) is 0 Å². The molecule has 6 nitrogen and oxygen atoms in total. The van der Waals surface area contributed by atoms with Crippen molar-refractivity contribution >= 4 is 29.4 Å². The Morgan fingerprint density at radius 2 is 1.52 bits per heavy atom. The van der Waals surface area contributed by atoms with Gasteiger partial charge >= 0.3 is 6.03 Å². The third kappa shape index (κ3) is 8.45. The number of benzene rings is 2. The number of nitrogens with zero attached hydrogens (tertiary/aromatic N) is 3. The third-order valence-corrected chi connectivity index (χ3v) is 5.13. The minimum Gasteiger partial charge on any atom is -0.497 e. The number of ether oxygens (including phenoxy) is 1. The minimum atomic E-state index is -0.393. The first kappa shape index (κ1) is 26.2. The highest BCUT2D eigenvalue weighted by Crippen LogP contribution is 2.15. The second-order valence-electron chi connectivity index (χ2n) is 6.49. The molecule has 0 bridgehead atoms. The first-order valence-corrected chi connectivity index (χ1v) is 11.5. The standard InChI is InChI=1S/C22H27N3O3S.C2H6/c1-5-17-6-8-18(9-7-17)14-24(2)21(27)23-22(29-4)25(16-26)15-19-10-12-20(28-3)13-11-19;1-2/h6-13,16H,5,14-15H2,1-4H3;1-2H3/b23-22+;. The molecule has 0 unspecified atom stereocenters. The monoisotopic (exact) mass is 443 g/mol. The van der Waals surface area contributed by atoms with Gasteiger partial charge in [-0.3, -0.25) is 9.69 Å². The van der Waals surface area contributed by atoms with Crippen molar-refractivity contribution in [3.8, 4) is 5.75 Å². The summed E-state index contributed by atoms with van der Waals surface area (Å²) >= 11 is 1.26. The first-order valence-electron chi connectivity index (χ1n) is 10.3. The van der Waals surface area contributed by atoms with Crippen molar-refractivity contribution in [3.05, 3.63) is 65.2 Å². The molecule has 31 heavy (non-hydrogen) atoms.